The minimum atomic E-state index is 0.0710. The summed E-state index contributed by atoms with van der Waals surface area (Å²) in [5.41, 5.74) is 1.32. The standard InChI is InChI=1S/C16H17BrClNOS/c1-10-8-11-13(6-7-19(2)9-15(11)21-10)20-14-5-3-4-12(17)16(14)18/h3-5,8,13H,6-7,9H2,1-2H3. The van der Waals surface area contributed by atoms with E-state index < -0.39 is 0 Å². The van der Waals surface area contributed by atoms with Crippen LogP contribution in [0.4, 0.5) is 0 Å². The topological polar surface area (TPSA) is 12.5 Å². The quantitative estimate of drug-likeness (QED) is 0.682. The molecule has 0 aliphatic carbocycles. The summed E-state index contributed by atoms with van der Waals surface area (Å²) in [6.07, 6.45) is 1.05. The lowest BCUT2D eigenvalue weighted by molar-refractivity contribution is 0.182. The number of hydrogen-bond donors (Lipinski definition) is 0. The Bertz CT molecular complexity index is 658. The van der Waals surface area contributed by atoms with Crippen LogP contribution in [-0.2, 0) is 6.54 Å². The van der Waals surface area contributed by atoms with Crippen molar-refractivity contribution in [3.63, 3.8) is 0 Å². The molecule has 21 heavy (non-hydrogen) atoms. The maximum atomic E-state index is 6.33. The third-order valence-electron chi connectivity index (χ3n) is 3.68. The van der Waals surface area contributed by atoms with Gasteiger partial charge in [0.15, 0.2) is 0 Å². The summed E-state index contributed by atoms with van der Waals surface area (Å²) in [4.78, 5) is 5.09. The van der Waals surface area contributed by atoms with Crippen LogP contribution in [0.5, 0.6) is 5.75 Å². The van der Waals surface area contributed by atoms with Crippen molar-refractivity contribution in [2.75, 3.05) is 13.6 Å². The molecule has 3 rings (SSSR count). The van der Waals surface area contributed by atoms with Crippen LogP contribution in [0.3, 0.4) is 0 Å². The van der Waals surface area contributed by atoms with E-state index in [0.717, 1.165) is 29.7 Å². The van der Waals surface area contributed by atoms with E-state index in [-0.39, 0.29) is 6.10 Å². The largest absolute Gasteiger partial charge is 0.484 e. The van der Waals surface area contributed by atoms with Crippen molar-refractivity contribution in [3.05, 3.63) is 49.1 Å². The average Bonchev–Trinajstić information content (AvgIpc) is 2.73. The van der Waals surface area contributed by atoms with E-state index in [0.29, 0.717) is 5.02 Å². The van der Waals surface area contributed by atoms with E-state index in [1.165, 1.54) is 15.3 Å². The van der Waals surface area contributed by atoms with Crippen molar-refractivity contribution in [2.24, 2.45) is 0 Å². The van der Waals surface area contributed by atoms with E-state index >= 15 is 0 Å². The van der Waals surface area contributed by atoms with Gasteiger partial charge in [0, 0.05) is 39.3 Å². The lowest BCUT2D eigenvalue weighted by Gasteiger charge is -2.19. The maximum Gasteiger partial charge on any atom is 0.139 e. The van der Waals surface area contributed by atoms with Gasteiger partial charge in [0.25, 0.3) is 0 Å². The van der Waals surface area contributed by atoms with Crippen LogP contribution in [0.1, 0.15) is 27.8 Å². The number of ether oxygens (including phenoxy) is 1. The molecule has 0 saturated heterocycles. The molecular formula is C16H17BrClNOS. The van der Waals surface area contributed by atoms with E-state index in [1.807, 2.05) is 29.5 Å². The third kappa shape index (κ3) is 3.29. The maximum absolute atomic E-state index is 6.33. The predicted molar refractivity (Wildman–Crippen MR) is 92.5 cm³/mol. The lowest BCUT2D eigenvalue weighted by Crippen LogP contribution is -2.18. The number of rotatable bonds is 2. The van der Waals surface area contributed by atoms with Gasteiger partial charge in [-0.25, -0.2) is 0 Å². The van der Waals surface area contributed by atoms with E-state index in [9.17, 15) is 0 Å². The first-order chi connectivity index (χ1) is 10.0. The van der Waals surface area contributed by atoms with Gasteiger partial charge in [-0.2, -0.15) is 0 Å². The van der Waals surface area contributed by atoms with Crippen LogP contribution >= 0.6 is 38.9 Å². The SMILES string of the molecule is Cc1cc2c(s1)CN(C)CCC2Oc1cccc(Br)c1Cl. The molecule has 1 aromatic carbocycles. The Morgan fingerprint density at radius 1 is 1.43 bits per heavy atom. The fraction of sp³-hybridized carbons (Fsp3) is 0.375. The second kappa shape index (κ2) is 6.29. The fourth-order valence-corrected chi connectivity index (χ4v) is 4.33. The third-order valence-corrected chi connectivity index (χ3v) is 6.01. The molecule has 0 amide bonds. The normalized spacial score (nSPS) is 19.1. The van der Waals surface area contributed by atoms with Gasteiger partial charge in [0.1, 0.15) is 11.9 Å². The number of nitrogens with zero attached hydrogens (tertiary/aromatic N) is 1. The predicted octanol–water partition coefficient (Wildman–Crippen LogP) is 5.43. The highest BCUT2D eigenvalue weighted by molar-refractivity contribution is 9.10. The van der Waals surface area contributed by atoms with Crippen LogP contribution in [0.2, 0.25) is 5.02 Å². The number of fused-ring (bicyclic) bond motifs is 1. The Kier molecular flexibility index (Phi) is 4.60. The van der Waals surface area contributed by atoms with Crippen molar-refractivity contribution in [3.8, 4) is 5.75 Å². The summed E-state index contributed by atoms with van der Waals surface area (Å²) in [5.74, 6) is 0.746. The summed E-state index contributed by atoms with van der Waals surface area (Å²) in [7, 11) is 2.16. The van der Waals surface area contributed by atoms with Crippen LogP contribution in [0, 0.1) is 6.92 Å². The van der Waals surface area contributed by atoms with E-state index in [4.69, 9.17) is 16.3 Å². The van der Waals surface area contributed by atoms with Crippen molar-refractivity contribution in [1.29, 1.82) is 0 Å². The Labute approximate surface area is 142 Å². The molecular weight excluding hydrogens is 370 g/mol. The number of hydrogen-bond acceptors (Lipinski definition) is 3. The van der Waals surface area contributed by atoms with Gasteiger partial charge < -0.3 is 9.64 Å². The Balaban J connectivity index is 1.93. The van der Waals surface area contributed by atoms with Crippen molar-refractivity contribution in [2.45, 2.75) is 26.0 Å². The lowest BCUT2D eigenvalue weighted by atomic mass is 10.1. The summed E-state index contributed by atoms with van der Waals surface area (Å²) in [6.45, 7) is 4.18. The van der Waals surface area contributed by atoms with Crippen LogP contribution < -0.4 is 4.74 Å². The van der Waals surface area contributed by atoms with Crippen molar-refractivity contribution < 1.29 is 4.74 Å². The average molecular weight is 387 g/mol. The highest BCUT2D eigenvalue weighted by Crippen LogP contribution is 2.39. The smallest absolute Gasteiger partial charge is 0.139 e. The summed E-state index contributed by atoms with van der Waals surface area (Å²) < 4.78 is 7.12. The van der Waals surface area contributed by atoms with Crippen LogP contribution in [0.15, 0.2) is 28.7 Å². The Morgan fingerprint density at radius 3 is 3.05 bits per heavy atom. The molecule has 1 aliphatic heterocycles. The molecule has 0 N–H and O–H groups in total. The summed E-state index contributed by atoms with van der Waals surface area (Å²) in [5, 5.41) is 0.642. The molecule has 0 saturated carbocycles. The molecule has 2 heterocycles. The molecule has 5 heteroatoms. The first-order valence-electron chi connectivity index (χ1n) is 6.93. The van der Waals surface area contributed by atoms with Gasteiger partial charge in [0.2, 0.25) is 0 Å². The van der Waals surface area contributed by atoms with E-state index in [1.54, 1.807) is 0 Å². The number of halogens is 2. The molecule has 1 atom stereocenters. The Hall–Kier alpha value is -0.550. The minimum absolute atomic E-state index is 0.0710. The van der Waals surface area contributed by atoms with Crippen molar-refractivity contribution >= 4 is 38.9 Å². The molecule has 2 aromatic rings. The minimum Gasteiger partial charge on any atom is -0.484 e. The first-order valence-corrected chi connectivity index (χ1v) is 8.92. The molecule has 0 spiro atoms. The number of benzene rings is 1. The van der Waals surface area contributed by atoms with Gasteiger partial charge in [-0.3, -0.25) is 0 Å². The molecule has 1 aromatic heterocycles. The molecule has 112 valence electrons. The zero-order valence-electron chi connectivity index (χ0n) is 12.0. The fourth-order valence-electron chi connectivity index (χ4n) is 2.65. The second-order valence-corrected chi connectivity index (χ2v) is 7.99. The van der Waals surface area contributed by atoms with E-state index in [2.05, 4.69) is 40.9 Å². The van der Waals surface area contributed by atoms with Gasteiger partial charge in [-0.15, -0.1) is 11.3 Å². The highest BCUT2D eigenvalue weighted by Gasteiger charge is 2.25. The first kappa shape index (κ1) is 15.3. The van der Waals surface area contributed by atoms with Crippen LogP contribution in [0.25, 0.3) is 0 Å². The molecule has 0 fully saturated rings. The van der Waals surface area contributed by atoms with Gasteiger partial charge in [-0.1, -0.05) is 17.7 Å². The highest BCUT2D eigenvalue weighted by atomic mass is 79.9. The summed E-state index contributed by atoms with van der Waals surface area (Å²) >= 11 is 11.7. The van der Waals surface area contributed by atoms with Gasteiger partial charge in [-0.05, 0) is 48.1 Å². The zero-order valence-corrected chi connectivity index (χ0v) is 15.2. The monoisotopic (exact) mass is 385 g/mol. The second-order valence-electron chi connectivity index (χ2n) is 5.42. The number of thiophene rings is 1. The molecule has 1 unspecified atom stereocenters. The van der Waals surface area contributed by atoms with Crippen molar-refractivity contribution in [1.82, 2.24) is 4.90 Å². The molecule has 0 radical (unpaired) electrons. The number of aryl methyl sites for hydroxylation is 1. The van der Waals surface area contributed by atoms with Crippen LogP contribution in [-0.4, -0.2) is 18.5 Å². The molecule has 1 aliphatic rings. The summed E-state index contributed by atoms with van der Waals surface area (Å²) in [6, 6.07) is 8.07. The Morgan fingerprint density at radius 2 is 2.24 bits per heavy atom. The molecule has 2 nitrogen and oxygen atoms in total. The molecule has 0 bridgehead atoms. The zero-order chi connectivity index (χ0) is 15.0. The van der Waals surface area contributed by atoms with Gasteiger partial charge in [0.05, 0.1) is 5.02 Å². The van der Waals surface area contributed by atoms with Gasteiger partial charge >= 0.3 is 0 Å².